The van der Waals surface area contributed by atoms with Gasteiger partial charge < -0.3 is 4.74 Å². The molecule has 2 aromatic carbocycles. The van der Waals surface area contributed by atoms with Gasteiger partial charge in [0.1, 0.15) is 12.1 Å². The number of nitrogen functional groups attached to an aromatic ring is 1. The van der Waals surface area contributed by atoms with E-state index in [-0.39, 0.29) is 5.75 Å². The number of nitrogens with zero attached hydrogens (tertiary/aromatic N) is 2. The van der Waals surface area contributed by atoms with Crippen molar-refractivity contribution in [2.45, 2.75) is 6.36 Å². The van der Waals surface area contributed by atoms with E-state index in [4.69, 9.17) is 5.84 Å². The SMILES string of the molecule is NNC(=O)c1ccc2ncn(-c3cccc(OC(F)(F)F)c3)c2c1. The molecule has 0 atom stereocenters. The molecule has 3 rings (SSSR count). The Kier molecular flexibility index (Phi) is 3.86. The summed E-state index contributed by atoms with van der Waals surface area (Å²) in [5, 5.41) is 0. The van der Waals surface area contributed by atoms with E-state index < -0.39 is 12.3 Å². The minimum absolute atomic E-state index is 0.300. The van der Waals surface area contributed by atoms with E-state index in [0.29, 0.717) is 22.3 Å². The summed E-state index contributed by atoms with van der Waals surface area (Å²) >= 11 is 0. The smallest absolute Gasteiger partial charge is 0.406 e. The first-order valence-electron chi connectivity index (χ1n) is 6.71. The zero-order valence-electron chi connectivity index (χ0n) is 12.0. The number of halogens is 3. The number of nitrogens with two attached hydrogens (primary N) is 1. The van der Waals surface area contributed by atoms with Gasteiger partial charge in [0.25, 0.3) is 5.91 Å². The average Bonchev–Trinajstić information content (AvgIpc) is 2.95. The Morgan fingerprint density at radius 1 is 1.21 bits per heavy atom. The lowest BCUT2D eigenvalue weighted by Crippen LogP contribution is -2.29. The molecule has 0 aliphatic heterocycles. The van der Waals surface area contributed by atoms with Crippen LogP contribution in [0.5, 0.6) is 5.75 Å². The summed E-state index contributed by atoms with van der Waals surface area (Å²) < 4.78 is 42.5. The number of carbonyl (C=O) groups excluding carboxylic acids is 1. The van der Waals surface area contributed by atoms with Crippen molar-refractivity contribution in [2.75, 3.05) is 0 Å². The van der Waals surface area contributed by atoms with Crippen molar-refractivity contribution in [1.82, 2.24) is 15.0 Å². The van der Waals surface area contributed by atoms with Crippen LogP contribution in [-0.2, 0) is 0 Å². The number of aromatic nitrogens is 2. The molecule has 0 bridgehead atoms. The summed E-state index contributed by atoms with van der Waals surface area (Å²) in [5.41, 5.74) is 3.84. The van der Waals surface area contributed by atoms with Gasteiger partial charge in [-0.15, -0.1) is 13.2 Å². The van der Waals surface area contributed by atoms with E-state index in [1.807, 2.05) is 5.43 Å². The number of ether oxygens (including phenoxy) is 1. The molecule has 1 heterocycles. The van der Waals surface area contributed by atoms with Crippen molar-refractivity contribution in [3.8, 4) is 11.4 Å². The fraction of sp³-hybridized carbons (Fsp3) is 0.0667. The van der Waals surface area contributed by atoms with Crippen molar-refractivity contribution < 1.29 is 22.7 Å². The summed E-state index contributed by atoms with van der Waals surface area (Å²) in [6.45, 7) is 0. The quantitative estimate of drug-likeness (QED) is 0.437. The number of imidazole rings is 1. The van der Waals surface area contributed by atoms with Crippen LogP contribution in [0.3, 0.4) is 0 Å². The number of alkyl halides is 3. The second kappa shape index (κ2) is 5.85. The van der Waals surface area contributed by atoms with Crippen molar-refractivity contribution >= 4 is 16.9 Å². The molecule has 24 heavy (non-hydrogen) atoms. The van der Waals surface area contributed by atoms with Gasteiger partial charge in [-0.05, 0) is 30.3 Å². The lowest BCUT2D eigenvalue weighted by molar-refractivity contribution is -0.274. The van der Waals surface area contributed by atoms with Crippen molar-refractivity contribution in [2.24, 2.45) is 5.84 Å². The first kappa shape index (κ1) is 15.8. The Labute approximate surface area is 133 Å². The number of carbonyl (C=O) groups is 1. The lowest BCUT2D eigenvalue weighted by Gasteiger charge is -2.11. The fourth-order valence-electron chi connectivity index (χ4n) is 2.27. The van der Waals surface area contributed by atoms with Gasteiger partial charge >= 0.3 is 6.36 Å². The van der Waals surface area contributed by atoms with E-state index >= 15 is 0 Å². The number of rotatable bonds is 3. The molecular formula is C15H11F3N4O2. The third-order valence-corrected chi connectivity index (χ3v) is 3.27. The maximum atomic E-state index is 12.4. The number of hydrazine groups is 1. The molecule has 0 aliphatic rings. The molecule has 0 spiro atoms. The highest BCUT2D eigenvalue weighted by atomic mass is 19.4. The molecule has 0 unspecified atom stereocenters. The van der Waals surface area contributed by atoms with Crippen LogP contribution in [0.1, 0.15) is 10.4 Å². The largest absolute Gasteiger partial charge is 0.573 e. The zero-order chi connectivity index (χ0) is 17.3. The molecule has 9 heteroatoms. The zero-order valence-corrected chi connectivity index (χ0v) is 12.0. The monoisotopic (exact) mass is 336 g/mol. The Morgan fingerprint density at radius 3 is 2.71 bits per heavy atom. The second-order valence-corrected chi connectivity index (χ2v) is 4.84. The van der Waals surface area contributed by atoms with Crippen LogP contribution in [0.15, 0.2) is 48.8 Å². The second-order valence-electron chi connectivity index (χ2n) is 4.84. The van der Waals surface area contributed by atoms with Crippen LogP contribution < -0.4 is 16.0 Å². The predicted octanol–water partition coefficient (Wildman–Crippen LogP) is 2.53. The third kappa shape index (κ3) is 3.15. The fourth-order valence-corrected chi connectivity index (χ4v) is 2.27. The standard InChI is InChI=1S/C15H11F3N4O2/c16-15(17,18)24-11-3-1-2-10(7-11)22-8-20-12-5-4-9(6-13(12)22)14(23)21-19/h1-8H,19H2,(H,21,23). The summed E-state index contributed by atoms with van der Waals surface area (Å²) in [7, 11) is 0. The van der Waals surface area contributed by atoms with Gasteiger partial charge in [-0.2, -0.15) is 0 Å². The average molecular weight is 336 g/mol. The van der Waals surface area contributed by atoms with Gasteiger partial charge in [-0.25, -0.2) is 10.8 Å². The first-order chi connectivity index (χ1) is 11.4. The number of amides is 1. The molecule has 3 aromatic rings. The van der Waals surface area contributed by atoms with Gasteiger partial charge in [0, 0.05) is 11.6 Å². The maximum absolute atomic E-state index is 12.4. The Bertz CT molecular complexity index is 905. The number of nitrogens with one attached hydrogen (secondary N) is 1. The molecule has 0 saturated heterocycles. The molecule has 1 amide bonds. The molecule has 0 saturated carbocycles. The van der Waals surface area contributed by atoms with Gasteiger partial charge in [-0.3, -0.25) is 14.8 Å². The Hall–Kier alpha value is -3.07. The van der Waals surface area contributed by atoms with Gasteiger partial charge in [0.15, 0.2) is 0 Å². The summed E-state index contributed by atoms with van der Waals surface area (Å²) in [6, 6.07) is 10.2. The van der Waals surface area contributed by atoms with Crippen molar-refractivity contribution in [3.05, 3.63) is 54.4 Å². The molecule has 0 radical (unpaired) electrons. The lowest BCUT2D eigenvalue weighted by atomic mass is 10.2. The van der Waals surface area contributed by atoms with E-state index in [9.17, 15) is 18.0 Å². The Morgan fingerprint density at radius 2 is 2.00 bits per heavy atom. The molecule has 0 aliphatic carbocycles. The minimum atomic E-state index is -4.78. The molecule has 3 N–H and O–H groups in total. The highest BCUT2D eigenvalue weighted by Crippen LogP contribution is 2.26. The summed E-state index contributed by atoms with van der Waals surface area (Å²) in [4.78, 5) is 15.8. The highest BCUT2D eigenvalue weighted by molar-refractivity contribution is 5.97. The van der Waals surface area contributed by atoms with E-state index in [0.717, 1.165) is 0 Å². The molecule has 0 fully saturated rings. The molecule has 1 aromatic heterocycles. The highest BCUT2D eigenvalue weighted by Gasteiger charge is 2.31. The predicted molar refractivity (Wildman–Crippen MR) is 79.4 cm³/mol. The van der Waals surface area contributed by atoms with Crippen LogP contribution in [0.4, 0.5) is 13.2 Å². The minimum Gasteiger partial charge on any atom is -0.406 e. The summed E-state index contributed by atoms with van der Waals surface area (Å²) in [6.07, 6.45) is -3.33. The summed E-state index contributed by atoms with van der Waals surface area (Å²) in [5.74, 6) is 4.27. The van der Waals surface area contributed by atoms with Crippen LogP contribution >= 0.6 is 0 Å². The van der Waals surface area contributed by atoms with E-state index in [1.54, 1.807) is 28.8 Å². The van der Waals surface area contributed by atoms with Crippen molar-refractivity contribution in [1.29, 1.82) is 0 Å². The molecule has 6 nitrogen and oxygen atoms in total. The topological polar surface area (TPSA) is 82.2 Å². The van der Waals surface area contributed by atoms with Crippen LogP contribution in [0.25, 0.3) is 16.7 Å². The van der Waals surface area contributed by atoms with Crippen LogP contribution in [0.2, 0.25) is 0 Å². The number of fused-ring (bicyclic) bond motifs is 1. The number of hydrogen-bond acceptors (Lipinski definition) is 4. The molecule has 124 valence electrons. The van der Waals surface area contributed by atoms with Gasteiger partial charge in [-0.1, -0.05) is 6.07 Å². The molecular weight excluding hydrogens is 325 g/mol. The van der Waals surface area contributed by atoms with Gasteiger partial charge in [0.2, 0.25) is 0 Å². The normalized spacial score (nSPS) is 11.5. The van der Waals surface area contributed by atoms with E-state index in [1.165, 1.54) is 24.5 Å². The first-order valence-corrected chi connectivity index (χ1v) is 6.71. The van der Waals surface area contributed by atoms with Crippen LogP contribution in [-0.4, -0.2) is 21.8 Å². The van der Waals surface area contributed by atoms with Crippen molar-refractivity contribution in [3.63, 3.8) is 0 Å². The number of benzene rings is 2. The third-order valence-electron chi connectivity index (χ3n) is 3.27. The van der Waals surface area contributed by atoms with Gasteiger partial charge in [0.05, 0.1) is 16.7 Å². The maximum Gasteiger partial charge on any atom is 0.573 e. The van der Waals surface area contributed by atoms with E-state index in [2.05, 4.69) is 9.72 Å². The number of hydrogen-bond donors (Lipinski definition) is 2. The Balaban J connectivity index is 2.06. The van der Waals surface area contributed by atoms with Crippen LogP contribution in [0, 0.1) is 0 Å².